The van der Waals surface area contributed by atoms with Crippen LogP contribution in [0.2, 0.25) is 0 Å². The fourth-order valence-corrected chi connectivity index (χ4v) is 4.50. The monoisotopic (exact) mass is 288 g/mol. The second-order valence-electron chi connectivity index (χ2n) is 6.21. The zero-order chi connectivity index (χ0) is 13.8. The Bertz CT molecular complexity index is 463. The average molecular weight is 288 g/mol. The van der Waals surface area contributed by atoms with Gasteiger partial charge in [0.1, 0.15) is 0 Å². The molecule has 0 aromatic heterocycles. The summed E-state index contributed by atoms with van der Waals surface area (Å²) in [4.78, 5) is 4.88. The summed E-state index contributed by atoms with van der Waals surface area (Å²) in [5.41, 5.74) is 1.81. The summed E-state index contributed by atoms with van der Waals surface area (Å²) >= 11 is 1.93. The van der Waals surface area contributed by atoms with E-state index in [4.69, 9.17) is 4.99 Å². The predicted molar refractivity (Wildman–Crippen MR) is 88.5 cm³/mol. The molecule has 1 aliphatic carbocycles. The fraction of sp³-hybridized carbons (Fsp3) is 0.588. The molecular formula is C17H24N2S. The van der Waals surface area contributed by atoms with Gasteiger partial charge in [0.25, 0.3) is 0 Å². The first-order chi connectivity index (χ1) is 9.76. The molecule has 0 radical (unpaired) electrons. The van der Waals surface area contributed by atoms with Crippen LogP contribution in [0.3, 0.4) is 0 Å². The number of benzene rings is 1. The molecule has 1 aliphatic heterocycles. The molecule has 2 nitrogen and oxygen atoms in total. The maximum atomic E-state index is 4.88. The summed E-state index contributed by atoms with van der Waals surface area (Å²) < 4.78 is 0. The van der Waals surface area contributed by atoms with Crippen molar-refractivity contribution in [3.8, 4) is 0 Å². The van der Waals surface area contributed by atoms with Crippen LogP contribution in [0.5, 0.6) is 0 Å². The van der Waals surface area contributed by atoms with Crippen LogP contribution in [0.15, 0.2) is 35.3 Å². The van der Waals surface area contributed by atoms with Gasteiger partial charge in [0.05, 0.1) is 6.04 Å². The molecule has 2 aliphatic rings. The van der Waals surface area contributed by atoms with Crippen molar-refractivity contribution in [2.24, 2.45) is 4.99 Å². The van der Waals surface area contributed by atoms with Gasteiger partial charge in [0, 0.05) is 11.3 Å². The Balaban J connectivity index is 1.51. The van der Waals surface area contributed by atoms with Crippen molar-refractivity contribution in [2.45, 2.75) is 57.0 Å². The Morgan fingerprint density at radius 1 is 1.25 bits per heavy atom. The predicted octanol–water partition coefficient (Wildman–Crippen LogP) is 4.01. The van der Waals surface area contributed by atoms with Crippen LogP contribution >= 0.6 is 11.8 Å². The van der Waals surface area contributed by atoms with Gasteiger partial charge in [-0.15, -0.1) is 0 Å². The van der Waals surface area contributed by atoms with Gasteiger partial charge in [-0.3, -0.25) is 4.99 Å². The highest BCUT2D eigenvalue weighted by Crippen LogP contribution is 2.37. The molecule has 1 heterocycles. The first-order valence-electron chi connectivity index (χ1n) is 7.79. The molecule has 1 saturated heterocycles. The van der Waals surface area contributed by atoms with Gasteiger partial charge in [0.15, 0.2) is 5.17 Å². The van der Waals surface area contributed by atoms with Crippen LogP contribution in [0.1, 0.15) is 44.6 Å². The van der Waals surface area contributed by atoms with Gasteiger partial charge in [-0.25, -0.2) is 0 Å². The maximum absolute atomic E-state index is 4.88. The lowest BCUT2D eigenvalue weighted by molar-refractivity contribution is 0.451. The molecule has 108 valence electrons. The summed E-state index contributed by atoms with van der Waals surface area (Å²) in [6, 6.07) is 11.1. The number of thioether (sulfide) groups is 1. The smallest absolute Gasteiger partial charge is 0.157 e. The zero-order valence-electron chi connectivity index (χ0n) is 12.3. The van der Waals surface area contributed by atoms with Gasteiger partial charge in [-0.1, -0.05) is 54.9 Å². The SMILES string of the molecule is CC(CCc1ccccc1)N=C1NC2(CCCC2)CS1. The normalized spacial score (nSPS) is 24.1. The Kier molecular flexibility index (Phi) is 4.35. The molecule has 1 N–H and O–H groups in total. The van der Waals surface area contributed by atoms with E-state index in [2.05, 4.69) is 42.6 Å². The van der Waals surface area contributed by atoms with E-state index in [1.54, 1.807) is 0 Å². The molecule has 20 heavy (non-hydrogen) atoms. The summed E-state index contributed by atoms with van der Waals surface area (Å²) in [6.45, 7) is 2.23. The van der Waals surface area contributed by atoms with Crippen LogP contribution < -0.4 is 5.32 Å². The molecule has 1 saturated carbocycles. The van der Waals surface area contributed by atoms with Crippen LogP contribution in [-0.2, 0) is 6.42 Å². The van der Waals surface area contributed by atoms with Crippen molar-refractivity contribution in [3.63, 3.8) is 0 Å². The maximum Gasteiger partial charge on any atom is 0.157 e. The third kappa shape index (κ3) is 3.38. The lowest BCUT2D eigenvalue weighted by Gasteiger charge is -2.22. The summed E-state index contributed by atoms with van der Waals surface area (Å²) in [7, 11) is 0. The third-order valence-electron chi connectivity index (χ3n) is 4.45. The van der Waals surface area contributed by atoms with E-state index in [-0.39, 0.29) is 0 Å². The Hall–Kier alpha value is -0.960. The molecule has 1 atom stereocenters. The van der Waals surface area contributed by atoms with Gasteiger partial charge in [-0.2, -0.15) is 0 Å². The van der Waals surface area contributed by atoms with Crippen molar-refractivity contribution in [1.29, 1.82) is 0 Å². The molecule has 1 spiro atoms. The Morgan fingerprint density at radius 3 is 2.75 bits per heavy atom. The van der Waals surface area contributed by atoms with Crippen LogP contribution in [-0.4, -0.2) is 22.5 Å². The van der Waals surface area contributed by atoms with Crippen molar-refractivity contribution < 1.29 is 0 Å². The van der Waals surface area contributed by atoms with E-state index < -0.39 is 0 Å². The van der Waals surface area contributed by atoms with E-state index in [0.29, 0.717) is 11.6 Å². The second-order valence-corrected chi connectivity index (χ2v) is 7.17. The molecule has 2 fully saturated rings. The molecule has 1 aromatic rings. The second kappa shape index (κ2) is 6.21. The number of hydrogen-bond acceptors (Lipinski definition) is 2. The average Bonchev–Trinajstić information content (AvgIpc) is 3.09. The molecule has 0 amide bonds. The first kappa shape index (κ1) is 14.0. The fourth-order valence-electron chi connectivity index (χ4n) is 3.18. The number of hydrogen-bond donors (Lipinski definition) is 1. The van der Waals surface area contributed by atoms with Crippen LogP contribution in [0.25, 0.3) is 0 Å². The molecule has 3 heteroatoms. The van der Waals surface area contributed by atoms with Gasteiger partial charge in [0.2, 0.25) is 0 Å². The molecule has 1 unspecified atom stereocenters. The van der Waals surface area contributed by atoms with Crippen molar-refractivity contribution in [3.05, 3.63) is 35.9 Å². The highest BCUT2D eigenvalue weighted by molar-refractivity contribution is 8.14. The minimum absolute atomic E-state index is 0.392. The van der Waals surface area contributed by atoms with E-state index in [9.17, 15) is 0 Å². The lowest BCUT2D eigenvalue weighted by atomic mass is 10.0. The van der Waals surface area contributed by atoms with E-state index in [0.717, 1.165) is 12.8 Å². The Morgan fingerprint density at radius 2 is 2.00 bits per heavy atom. The number of nitrogens with zero attached hydrogens (tertiary/aromatic N) is 1. The number of amidine groups is 1. The highest BCUT2D eigenvalue weighted by Gasteiger charge is 2.39. The van der Waals surface area contributed by atoms with Gasteiger partial charge < -0.3 is 5.32 Å². The summed E-state index contributed by atoms with van der Waals surface area (Å²) in [5.74, 6) is 1.22. The third-order valence-corrected chi connectivity index (χ3v) is 5.63. The van der Waals surface area contributed by atoms with Crippen LogP contribution in [0, 0.1) is 0 Å². The van der Waals surface area contributed by atoms with Crippen LogP contribution in [0.4, 0.5) is 0 Å². The van der Waals surface area contributed by atoms with E-state index in [1.807, 2.05) is 11.8 Å². The number of nitrogens with one attached hydrogen (secondary N) is 1. The van der Waals surface area contributed by atoms with Crippen molar-refractivity contribution in [2.75, 3.05) is 5.75 Å². The highest BCUT2D eigenvalue weighted by atomic mass is 32.2. The van der Waals surface area contributed by atoms with Crippen molar-refractivity contribution >= 4 is 16.9 Å². The molecular weight excluding hydrogens is 264 g/mol. The number of aryl methyl sites for hydroxylation is 1. The molecule has 1 aromatic carbocycles. The summed E-state index contributed by atoms with van der Waals surface area (Å²) in [6.07, 6.45) is 7.67. The van der Waals surface area contributed by atoms with E-state index >= 15 is 0 Å². The number of aliphatic imine (C=N–C) groups is 1. The minimum Gasteiger partial charge on any atom is -0.359 e. The molecule has 0 bridgehead atoms. The zero-order valence-corrected chi connectivity index (χ0v) is 13.1. The lowest BCUT2D eigenvalue weighted by Crippen LogP contribution is -2.40. The summed E-state index contributed by atoms with van der Waals surface area (Å²) in [5, 5.41) is 4.90. The number of rotatable bonds is 4. The van der Waals surface area contributed by atoms with Crippen molar-refractivity contribution in [1.82, 2.24) is 5.32 Å². The van der Waals surface area contributed by atoms with Gasteiger partial charge >= 0.3 is 0 Å². The topological polar surface area (TPSA) is 24.4 Å². The quantitative estimate of drug-likeness (QED) is 0.905. The van der Waals surface area contributed by atoms with Gasteiger partial charge in [-0.05, 0) is 38.2 Å². The Labute approximate surface area is 126 Å². The molecule has 3 rings (SSSR count). The largest absolute Gasteiger partial charge is 0.359 e. The standard InChI is InChI=1S/C17H24N2S/c1-14(9-10-15-7-3-2-4-8-15)18-16-19-17(13-20-16)11-5-6-12-17/h2-4,7-8,14H,5-6,9-13H2,1H3,(H,18,19). The first-order valence-corrected chi connectivity index (χ1v) is 8.77. The van der Waals surface area contributed by atoms with E-state index in [1.165, 1.54) is 42.2 Å². The minimum atomic E-state index is 0.392.